The molecule has 0 saturated heterocycles. The summed E-state index contributed by atoms with van der Waals surface area (Å²) in [5.41, 5.74) is 6.36. The van der Waals surface area contributed by atoms with Crippen LogP contribution in [0.5, 0.6) is 5.75 Å². The second-order valence-corrected chi connectivity index (χ2v) is 6.42. The topological polar surface area (TPSA) is 21.3 Å². The Labute approximate surface area is 176 Å². The molecule has 0 radical (unpaired) electrons. The van der Waals surface area contributed by atoms with Crippen molar-refractivity contribution in [1.82, 2.24) is 5.32 Å². The number of benzene rings is 3. The zero-order valence-corrected chi connectivity index (χ0v) is 17.2. The van der Waals surface area contributed by atoms with Crippen molar-refractivity contribution in [3.63, 3.8) is 0 Å². The van der Waals surface area contributed by atoms with Gasteiger partial charge in [-0.3, -0.25) is 0 Å². The standard InChI is InChI=1S/C25H27NO.ClH/c1-3-24(20-10-6-4-7-11-20)25(21-12-8-5-9-13-21)22-14-16-23(17-15-22)27-19-18-26-2;/h4-17,26H,3,18-19H2,1-2H3;1H/b25-24-;. The molecule has 0 aliphatic heterocycles. The van der Waals surface area contributed by atoms with Crippen LogP contribution in [0.25, 0.3) is 11.1 Å². The molecule has 2 nitrogen and oxygen atoms in total. The molecule has 0 aliphatic carbocycles. The number of rotatable bonds is 8. The lowest BCUT2D eigenvalue weighted by Gasteiger charge is -2.17. The predicted octanol–water partition coefficient (Wildman–Crippen LogP) is 2.77. The Morgan fingerprint density at radius 1 is 0.786 bits per heavy atom. The van der Waals surface area contributed by atoms with Crippen LogP contribution in [0.1, 0.15) is 31.5 Å². The number of hydrogen-bond acceptors (Lipinski definition) is 2. The first-order chi connectivity index (χ1) is 13.3. The van der Waals surface area contributed by atoms with Crippen molar-refractivity contribution in [2.75, 3.05) is 20.2 Å². The van der Waals surface area contributed by atoms with Crippen molar-refractivity contribution >= 4 is 11.1 Å². The first-order valence-corrected chi connectivity index (χ1v) is 9.55. The van der Waals surface area contributed by atoms with Crippen molar-refractivity contribution in [3.05, 3.63) is 102 Å². The van der Waals surface area contributed by atoms with Crippen LogP contribution in [0.2, 0.25) is 0 Å². The van der Waals surface area contributed by atoms with Gasteiger partial charge >= 0.3 is 1.43 Å². The van der Waals surface area contributed by atoms with Crippen LogP contribution in [-0.2, 0) is 0 Å². The van der Waals surface area contributed by atoms with Gasteiger partial charge in [-0.05, 0) is 53.4 Å². The number of allylic oxidation sites excluding steroid dienone is 1. The molecule has 0 amide bonds. The zero-order chi connectivity index (χ0) is 18.9. The highest BCUT2D eigenvalue weighted by Crippen LogP contribution is 2.34. The molecule has 0 aliphatic rings. The molecule has 28 heavy (non-hydrogen) atoms. The lowest BCUT2D eigenvalue weighted by Crippen LogP contribution is -3.00. The van der Waals surface area contributed by atoms with Crippen LogP contribution in [0.15, 0.2) is 84.9 Å². The van der Waals surface area contributed by atoms with Gasteiger partial charge in [0, 0.05) is 6.54 Å². The average molecular weight is 394 g/mol. The monoisotopic (exact) mass is 393 g/mol. The largest absolute Gasteiger partial charge is 1.00 e. The zero-order valence-electron chi connectivity index (χ0n) is 17.5. The van der Waals surface area contributed by atoms with Gasteiger partial charge in [-0.15, -0.1) is 0 Å². The Bertz CT molecular complexity index is 864. The molecular formula is C25H28ClNO. The fourth-order valence-electron chi connectivity index (χ4n) is 3.27. The Morgan fingerprint density at radius 2 is 1.32 bits per heavy atom. The smallest absolute Gasteiger partial charge is 1.00 e. The lowest BCUT2D eigenvalue weighted by atomic mass is 9.88. The molecule has 3 aromatic carbocycles. The molecule has 146 valence electrons. The van der Waals surface area contributed by atoms with E-state index >= 15 is 0 Å². The summed E-state index contributed by atoms with van der Waals surface area (Å²) in [6.45, 7) is 3.73. The third-order valence-electron chi connectivity index (χ3n) is 4.60. The van der Waals surface area contributed by atoms with Gasteiger partial charge in [-0.2, -0.15) is 0 Å². The van der Waals surface area contributed by atoms with Gasteiger partial charge in [-0.25, -0.2) is 0 Å². The fraction of sp³-hybridized carbons (Fsp3) is 0.200. The summed E-state index contributed by atoms with van der Waals surface area (Å²) in [5.74, 6) is 0.902. The highest BCUT2D eigenvalue weighted by molar-refractivity contribution is 5.98. The molecule has 0 saturated carbocycles. The van der Waals surface area contributed by atoms with E-state index in [1.54, 1.807) is 0 Å². The fourth-order valence-corrected chi connectivity index (χ4v) is 3.27. The third kappa shape index (κ3) is 5.48. The van der Waals surface area contributed by atoms with E-state index in [0.717, 1.165) is 18.7 Å². The summed E-state index contributed by atoms with van der Waals surface area (Å²) in [6.07, 6.45) is 0.967. The number of nitrogens with one attached hydrogen (secondary N) is 1. The third-order valence-corrected chi connectivity index (χ3v) is 4.60. The van der Waals surface area contributed by atoms with E-state index in [2.05, 4.69) is 97.2 Å². The van der Waals surface area contributed by atoms with E-state index in [4.69, 9.17) is 4.74 Å². The van der Waals surface area contributed by atoms with Crippen molar-refractivity contribution in [3.8, 4) is 5.75 Å². The average Bonchev–Trinajstić information content (AvgIpc) is 2.74. The minimum atomic E-state index is 0. The molecule has 0 unspecified atom stereocenters. The molecule has 3 heteroatoms. The van der Waals surface area contributed by atoms with E-state index < -0.39 is 0 Å². The first kappa shape index (κ1) is 21.7. The first-order valence-electron chi connectivity index (χ1n) is 9.55. The molecule has 1 N–H and O–H groups in total. The second kappa shape index (κ2) is 11.3. The van der Waals surface area contributed by atoms with Crippen molar-refractivity contribution in [2.45, 2.75) is 13.3 Å². The van der Waals surface area contributed by atoms with Gasteiger partial charge in [0.25, 0.3) is 0 Å². The van der Waals surface area contributed by atoms with Gasteiger partial charge in [0.05, 0.1) is 0 Å². The van der Waals surface area contributed by atoms with E-state index in [0.29, 0.717) is 6.61 Å². The van der Waals surface area contributed by atoms with Crippen molar-refractivity contribution in [2.24, 2.45) is 0 Å². The number of hydrogen-bond donors (Lipinski definition) is 1. The molecule has 0 heterocycles. The van der Waals surface area contributed by atoms with Crippen LogP contribution in [0.3, 0.4) is 0 Å². The molecular weight excluding hydrogens is 366 g/mol. The normalized spacial score (nSPS) is 11.4. The molecule has 0 aromatic heterocycles. The Morgan fingerprint density at radius 3 is 1.86 bits per heavy atom. The van der Waals surface area contributed by atoms with E-state index in [1.807, 2.05) is 7.05 Å². The van der Waals surface area contributed by atoms with Gasteiger partial charge in [0.2, 0.25) is 0 Å². The summed E-state index contributed by atoms with van der Waals surface area (Å²) in [4.78, 5) is 0. The van der Waals surface area contributed by atoms with Crippen LogP contribution < -0.4 is 22.5 Å². The molecule has 0 spiro atoms. The van der Waals surface area contributed by atoms with E-state index in [-0.39, 0.29) is 13.8 Å². The summed E-state index contributed by atoms with van der Waals surface area (Å²) in [6, 6.07) is 29.7. The molecule has 0 bridgehead atoms. The maximum absolute atomic E-state index is 5.78. The summed E-state index contributed by atoms with van der Waals surface area (Å²) in [5, 5.41) is 3.10. The Kier molecular flexibility index (Phi) is 8.80. The van der Waals surface area contributed by atoms with Gasteiger partial charge < -0.3 is 22.5 Å². The lowest BCUT2D eigenvalue weighted by molar-refractivity contribution is -0.00000586. The van der Waals surface area contributed by atoms with Gasteiger partial charge in [0.15, 0.2) is 0 Å². The van der Waals surface area contributed by atoms with Crippen LogP contribution in [-0.4, -0.2) is 20.2 Å². The Hall–Kier alpha value is -2.55. The summed E-state index contributed by atoms with van der Waals surface area (Å²) < 4.78 is 5.78. The minimum absolute atomic E-state index is 0. The maximum atomic E-state index is 5.78. The molecule has 0 atom stereocenters. The molecule has 3 aromatic rings. The van der Waals surface area contributed by atoms with E-state index in [1.165, 1.54) is 27.8 Å². The molecule has 3 rings (SSSR count). The Balaban J connectivity index is 0.00000210. The number of halogens is 1. The van der Waals surface area contributed by atoms with Crippen LogP contribution >= 0.6 is 0 Å². The van der Waals surface area contributed by atoms with Crippen molar-refractivity contribution < 1.29 is 18.6 Å². The SMILES string of the molecule is CC/C(=C(\c1ccccc1)c1ccc(OCCNC)cc1)c1ccccc1.[Cl-].[H+]. The van der Waals surface area contributed by atoms with Gasteiger partial charge in [-0.1, -0.05) is 79.7 Å². The minimum Gasteiger partial charge on any atom is -1.00 e. The second-order valence-electron chi connectivity index (χ2n) is 6.42. The quantitative estimate of drug-likeness (QED) is 0.469. The van der Waals surface area contributed by atoms with Crippen molar-refractivity contribution in [1.29, 1.82) is 0 Å². The van der Waals surface area contributed by atoms with E-state index in [9.17, 15) is 0 Å². The highest BCUT2D eigenvalue weighted by Gasteiger charge is 2.12. The number of ether oxygens (including phenoxy) is 1. The maximum Gasteiger partial charge on any atom is 1.00 e. The van der Waals surface area contributed by atoms with Crippen LogP contribution in [0, 0.1) is 0 Å². The summed E-state index contributed by atoms with van der Waals surface area (Å²) >= 11 is 0. The summed E-state index contributed by atoms with van der Waals surface area (Å²) in [7, 11) is 1.93. The molecule has 0 fully saturated rings. The predicted molar refractivity (Wildman–Crippen MR) is 116 cm³/mol. The van der Waals surface area contributed by atoms with Gasteiger partial charge in [0.1, 0.15) is 12.4 Å². The number of likely N-dealkylation sites (N-methyl/N-ethyl adjacent to an activating group) is 1. The van der Waals surface area contributed by atoms with Crippen LogP contribution in [0.4, 0.5) is 0 Å². The highest BCUT2D eigenvalue weighted by atomic mass is 35.5.